The van der Waals surface area contributed by atoms with Gasteiger partial charge < -0.3 is 0 Å². The minimum absolute atomic E-state index is 1.05. The van der Waals surface area contributed by atoms with E-state index in [0.717, 1.165) is 37.5 Å². The van der Waals surface area contributed by atoms with Gasteiger partial charge in [0.05, 0.1) is 0 Å². The molecule has 0 saturated heterocycles. The van der Waals surface area contributed by atoms with E-state index in [1.807, 2.05) is 10.8 Å². The maximum atomic E-state index is 3.76. The number of rotatable bonds is 6. The van der Waals surface area contributed by atoms with Crippen LogP contribution in [0.3, 0.4) is 0 Å². The van der Waals surface area contributed by atoms with E-state index in [-0.39, 0.29) is 0 Å². The van der Waals surface area contributed by atoms with Crippen molar-refractivity contribution < 1.29 is 0 Å². The highest BCUT2D eigenvalue weighted by Gasteiger charge is 2.14. The van der Waals surface area contributed by atoms with Crippen molar-refractivity contribution in [3.63, 3.8) is 0 Å². The first-order valence-corrected chi connectivity index (χ1v) is 11.9. The predicted octanol–water partition coefficient (Wildman–Crippen LogP) is 9.36. The quantitative estimate of drug-likeness (QED) is 0.297. The Morgan fingerprint density at radius 3 is 1.22 bits per heavy atom. The van der Waals surface area contributed by atoms with Crippen LogP contribution in [0.4, 0.5) is 0 Å². The molecule has 0 aliphatic carbocycles. The zero-order valence-corrected chi connectivity index (χ0v) is 20.4. The highest BCUT2D eigenvalue weighted by Crippen LogP contribution is 2.47. The Balaban J connectivity index is 2.39. The van der Waals surface area contributed by atoms with Gasteiger partial charge in [-0.05, 0) is 98.8 Å². The molecule has 0 spiro atoms. The fourth-order valence-corrected chi connectivity index (χ4v) is 7.61. The summed E-state index contributed by atoms with van der Waals surface area (Å²) in [6.07, 6.45) is 0. The zero-order valence-electron chi connectivity index (χ0n) is 11.6. The van der Waals surface area contributed by atoms with Crippen molar-refractivity contribution in [1.82, 2.24) is 0 Å². The molecule has 2 rings (SSSR count). The van der Waals surface area contributed by atoms with E-state index in [1.54, 1.807) is 35.3 Å². The van der Waals surface area contributed by atoms with Crippen LogP contribution in [-0.2, 0) is 0 Å². The molecule has 7 heteroatoms. The summed E-state index contributed by atoms with van der Waals surface area (Å²) in [5.41, 5.74) is 0. The van der Waals surface area contributed by atoms with Crippen molar-refractivity contribution in [3.05, 3.63) is 66.1 Å². The van der Waals surface area contributed by atoms with Gasteiger partial charge in [-0.25, -0.2) is 0 Å². The van der Waals surface area contributed by atoms with Gasteiger partial charge in [-0.2, -0.15) is 0 Å². The third kappa shape index (κ3) is 5.43. The lowest BCUT2D eigenvalue weighted by atomic mass is 10.4. The van der Waals surface area contributed by atoms with Gasteiger partial charge in [0.2, 0.25) is 0 Å². The van der Waals surface area contributed by atoms with E-state index in [4.69, 9.17) is 0 Å². The van der Waals surface area contributed by atoms with Gasteiger partial charge in [-0.15, -0.1) is 0 Å². The summed E-state index contributed by atoms with van der Waals surface area (Å²) in [7, 11) is 0. The molecule has 0 bridgehead atoms. The molecule has 0 amide bonds. The Bertz CT molecular complexity index is 649. The summed E-state index contributed by atoms with van der Waals surface area (Å²) in [4.78, 5) is 4.53. The van der Waals surface area contributed by atoms with Crippen molar-refractivity contribution in [2.45, 2.75) is 19.6 Å². The number of thioether (sulfide) groups is 2. The molecule has 0 nitrogen and oxygen atoms in total. The molecule has 0 atom stereocenters. The van der Waals surface area contributed by atoms with Crippen LogP contribution in [0.25, 0.3) is 0 Å². The average Bonchev–Trinajstić information content (AvgIpc) is 2.45. The van der Waals surface area contributed by atoms with Crippen LogP contribution < -0.4 is 0 Å². The van der Waals surface area contributed by atoms with Gasteiger partial charge in [0.15, 0.2) is 0 Å². The predicted molar refractivity (Wildman–Crippen MR) is 120 cm³/mol. The Kier molecular flexibility index (Phi) is 8.39. The van der Waals surface area contributed by atoms with Gasteiger partial charge in [-0.3, -0.25) is 0 Å². The van der Waals surface area contributed by atoms with Crippen molar-refractivity contribution >= 4 is 99.0 Å². The van der Waals surface area contributed by atoms with E-state index in [2.05, 4.69) is 101 Å². The standard InChI is InChI=1S/C16H10Br4S3/c1-3-21-9-5-11(17)15(12(18)6-9)23-16-13(19)7-10(22-4-2)8-14(16)20/h3-8H,1-2H2. The molecule has 2 aromatic rings. The largest absolute Gasteiger partial charge is 0.0986 e. The van der Waals surface area contributed by atoms with E-state index in [9.17, 15) is 0 Å². The van der Waals surface area contributed by atoms with Crippen LogP contribution in [0.5, 0.6) is 0 Å². The van der Waals surface area contributed by atoms with Gasteiger partial charge in [0.1, 0.15) is 0 Å². The van der Waals surface area contributed by atoms with Gasteiger partial charge in [-0.1, -0.05) is 48.4 Å². The summed E-state index contributed by atoms with van der Waals surface area (Å²) < 4.78 is 4.18. The van der Waals surface area contributed by atoms with Gasteiger partial charge in [0, 0.05) is 37.5 Å². The minimum Gasteiger partial charge on any atom is -0.0986 e. The first kappa shape index (κ1) is 20.2. The van der Waals surface area contributed by atoms with Crippen molar-refractivity contribution in [2.24, 2.45) is 0 Å². The summed E-state index contributed by atoms with van der Waals surface area (Å²) in [5, 5.41) is 3.65. The Morgan fingerprint density at radius 2 is 0.957 bits per heavy atom. The first-order valence-electron chi connectivity index (χ1n) is 6.17. The Labute approximate surface area is 182 Å². The van der Waals surface area contributed by atoms with E-state index in [0.29, 0.717) is 0 Å². The SMILES string of the molecule is C=CSc1cc(Br)c(Sc2c(Br)cc(SC=C)cc2Br)c(Br)c1. The molecule has 2 aromatic carbocycles. The molecule has 0 heterocycles. The lowest BCUT2D eigenvalue weighted by Crippen LogP contribution is -1.84. The van der Waals surface area contributed by atoms with Crippen molar-refractivity contribution in [2.75, 3.05) is 0 Å². The lowest BCUT2D eigenvalue weighted by Gasteiger charge is -2.13. The maximum Gasteiger partial charge on any atom is 0.0408 e. The zero-order chi connectivity index (χ0) is 17.0. The molecule has 0 aliphatic heterocycles. The summed E-state index contributed by atoms with van der Waals surface area (Å²) in [6, 6.07) is 8.40. The highest BCUT2D eigenvalue weighted by molar-refractivity contribution is 9.11. The van der Waals surface area contributed by atoms with Crippen LogP contribution >= 0.6 is 99.0 Å². The second kappa shape index (κ2) is 9.55. The first-order chi connectivity index (χ1) is 11.0. The number of hydrogen-bond acceptors (Lipinski definition) is 3. The average molecular weight is 618 g/mol. The molecule has 23 heavy (non-hydrogen) atoms. The summed E-state index contributed by atoms with van der Waals surface area (Å²) in [5.74, 6) is 0. The number of halogens is 4. The smallest absolute Gasteiger partial charge is 0.0408 e. The normalized spacial score (nSPS) is 10.6. The molecule has 0 fully saturated rings. The van der Waals surface area contributed by atoms with Gasteiger partial charge >= 0.3 is 0 Å². The van der Waals surface area contributed by atoms with Gasteiger partial charge in [0.25, 0.3) is 0 Å². The number of hydrogen-bond donors (Lipinski definition) is 0. The Morgan fingerprint density at radius 1 is 0.652 bits per heavy atom. The van der Waals surface area contributed by atoms with Crippen LogP contribution in [0.15, 0.2) is 85.7 Å². The van der Waals surface area contributed by atoms with Crippen LogP contribution in [0.2, 0.25) is 0 Å². The Hall–Kier alpha value is 0.890. The third-order valence-corrected chi connectivity index (χ3v) is 8.77. The maximum absolute atomic E-state index is 3.76. The molecule has 0 radical (unpaired) electrons. The summed E-state index contributed by atoms with van der Waals surface area (Å²) >= 11 is 19.6. The molecule has 0 N–H and O–H groups in total. The molecular weight excluding hydrogens is 608 g/mol. The molecule has 0 unspecified atom stereocenters. The molecule has 0 aliphatic rings. The molecular formula is C16H10Br4S3. The van der Waals surface area contributed by atoms with Crippen LogP contribution in [0, 0.1) is 0 Å². The van der Waals surface area contributed by atoms with E-state index in [1.165, 1.54) is 0 Å². The second-order valence-corrected chi connectivity index (χ2v) is 10.6. The van der Waals surface area contributed by atoms with Crippen LogP contribution in [0.1, 0.15) is 0 Å². The van der Waals surface area contributed by atoms with Crippen LogP contribution in [-0.4, -0.2) is 0 Å². The van der Waals surface area contributed by atoms with Crippen molar-refractivity contribution in [3.8, 4) is 0 Å². The topological polar surface area (TPSA) is 0 Å². The fraction of sp³-hybridized carbons (Fsp3) is 0. The fourth-order valence-electron chi connectivity index (χ4n) is 1.70. The highest BCUT2D eigenvalue weighted by atomic mass is 79.9. The monoisotopic (exact) mass is 614 g/mol. The molecule has 0 aromatic heterocycles. The molecule has 0 saturated carbocycles. The third-order valence-electron chi connectivity index (χ3n) is 2.59. The minimum atomic E-state index is 1.05. The second-order valence-electron chi connectivity index (χ2n) is 4.10. The van der Waals surface area contributed by atoms with Crippen molar-refractivity contribution in [1.29, 1.82) is 0 Å². The number of benzene rings is 2. The van der Waals surface area contributed by atoms with E-state index < -0.39 is 0 Å². The molecule has 120 valence electrons. The summed E-state index contributed by atoms with van der Waals surface area (Å²) in [6.45, 7) is 7.52. The van der Waals surface area contributed by atoms with E-state index >= 15 is 0 Å². The lowest BCUT2D eigenvalue weighted by molar-refractivity contribution is 1.24.